The number of methoxy groups -OCH3 is 1. The summed E-state index contributed by atoms with van der Waals surface area (Å²) in [5, 5.41) is 0. The molecule has 2 unspecified atom stereocenters. The van der Waals surface area contributed by atoms with Gasteiger partial charge in [-0.15, -0.1) is 0 Å². The number of unbranched alkanes of at least 4 members (excludes halogenated alkanes) is 4. The van der Waals surface area contributed by atoms with E-state index in [0.29, 0.717) is 6.42 Å². The summed E-state index contributed by atoms with van der Waals surface area (Å²) in [7, 11) is 1.57. The first kappa shape index (κ1) is 12.7. The van der Waals surface area contributed by atoms with Gasteiger partial charge in [0.15, 0.2) is 5.78 Å². The van der Waals surface area contributed by atoms with Gasteiger partial charge in [0.25, 0.3) is 0 Å². The van der Waals surface area contributed by atoms with E-state index in [2.05, 4.69) is 6.92 Å². The SMILES string of the molecule is CCCCCCCOC1CC(=O)C1OC. The second-order valence-corrected chi connectivity index (χ2v) is 4.15. The van der Waals surface area contributed by atoms with Crippen molar-refractivity contribution in [3.05, 3.63) is 0 Å². The zero-order chi connectivity index (χ0) is 11.1. The number of carbonyl (C=O) groups excluding carboxylic acids is 1. The Balaban J connectivity index is 1.94. The van der Waals surface area contributed by atoms with Gasteiger partial charge in [0, 0.05) is 20.1 Å². The monoisotopic (exact) mass is 214 g/mol. The standard InChI is InChI=1S/C12H22O3/c1-3-4-5-6-7-8-15-11-9-10(13)12(11)14-2/h11-12H,3-9H2,1-2H3. The van der Waals surface area contributed by atoms with Crippen molar-refractivity contribution in [1.82, 2.24) is 0 Å². The van der Waals surface area contributed by atoms with Crippen LogP contribution in [0.25, 0.3) is 0 Å². The van der Waals surface area contributed by atoms with Crippen molar-refractivity contribution >= 4 is 5.78 Å². The van der Waals surface area contributed by atoms with E-state index in [9.17, 15) is 4.79 Å². The van der Waals surface area contributed by atoms with Crippen molar-refractivity contribution < 1.29 is 14.3 Å². The molecule has 3 heteroatoms. The summed E-state index contributed by atoms with van der Waals surface area (Å²) in [5.41, 5.74) is 0. The third-order valence-corrected chi connectivity index (χ3v) is 2.89. The van der Waals surface area contributed by atoms with Gasteiger partial charge < -0.3 is 9.47 Å². The van der Waals surface area contributed by atoms with Crippen LogP contribution in [0.4, 0.5) is 0 Å². The predicted octanol–water partition coefficient (Wildman–Crippen LogP) is 2.33. The van der Waals surface area contributed by atoms with Crippen molar-refractivity contribution in [2.45, 2.75) is 57.7 Å². The number of Topliss-reactive ketones (excluding diaryl/α,β-unsaturated/α-hetero) is 1. The maximum absolute atomic E-state index is 11.0. The summed E-state index contributed by atoms with van der Waals surface area (Å²) >= 11 is 0. The van der Waals surface area contributed by atoms with Gasteiger partial charge in [0.1, 0.15) is 6.10 Å². The number of hydrogen-bond acceptors (Lipinski definition) is 3. The third-order valence-electron chi connectivity index (χ3n) is 2.89. The lowest BCUT2D eigenvalue weighted by atomic mass is 9.90. The normalized spacial score (nSPS) is 25.3. The summed E-state index contributed by atoms with van der Waals surface area (Å²) in [6.45, 7) is 2.97. The minimum absolute atomic E-state index is 0.0219. The van der Waals surface area contributed by atoms with Crippen molar-refractivity contribution in [3.63, 3.8) is 0 Å². The molecule has 0 spiro atoms. The van der Waals surface area contributed by atoms with Crippen molar-refractivity contribution in [1.29, 1.82) is 0 Å². The molecule has 0 N–H and O–H groups in total. The van der Waals surface area contributed by atoms with Gasteiger partial charge in [-0.05, 0) is 6.42 Å². The molecule has 1 rings (SSSR count). The van der Waals surface area contributed by atoms with Gasteiger partial charge in [-0.3, -0.25) is 4.79 Å². The van der Waals surface area contributed by atoms with Crippen LogP contribution >= 0.6 is 0 Å². The van der Waals surface area contributed by atoms with E-state index in [0.717, 1.165) is 13.0 Å². The average molecular weight is 214 g/mol. The Hall–Kier alpha value is -0.410. The third kappa shape index (κ3) is 3.92. The fourth-order valence-electron chi connectivity index (χ4n) is 1.84. The number of carbonyl (C=O) groups is 1. The molecule has 0 amide bonds. The summed E-state index contributed by atoms with van der Waals surface area (Å²) in [5.74, 6) is 0.175. The highest BCUT2D eigenvalue weighted by molar-refractivity contribution is 5.90. The van der Waals surface area contributed by atoms with Crippen LogP contribution in [-0.4, -0.2) is 31.7 Å². The van der Waals surface area contributed by atoms with Crippen LogP contribution in [0.3, 0.4) is 0 Å². The van der Waals surface area contributed by atoms with E-state index in [1.165, 1.54) is 25.7 Å². The Bertz CT molecular complexity index is 191. The van der Waals surface area contributed by atoms with Crippen LogP contribution in [-0.2, 0) is 14.3 Å². The van der Waals surface area contributed by atoms with Crippen LogP contribution in [0.1, 0.15) is 45.4 Å². The zero-order valence-electron chi connectivity index (χ0n) is 9.83. The molecule has 0 radical (unpaired) electrons. The van der Waals surface area contributed by atoms with Crippen molar-refractivity contribution in [2.24, 2.45) is 0 Å². The quantitative estimate of drug-likeness (QED) is 0.582. The molecule has 1 fully saturated rings. The molecular formula is C12H22O3. The minimum atomic E-state index is -0.291. The highest BCUT2D eigenvalue weighted by atomic mass is 16.5. The molecule has 0 aromatic carbocycles. The van der Waals surface area contributed by atoms with Crippen molar-refractivity contribution in [3.8, 4) is 0 Å². The van der Waals surface area contributed by atoms with Crippen LogP contribution in [0.5, 0.6) is 0 Å². The predicted molar refractivity (Wildman–Crippen MR) is 58.9 cm³/mol. The van der Waals surface area contributed by atoms with E-state index >= 15 is 0 Å². The molecule has 3 nitrogen and oxygen atoms in total. The number of hydrogen-bond donors (Lipinski definition) is 0. The van der Waals surface area contributed by atoms with E-state index in [1.807, 2.05) is 0 Å². The largest absolute Gasteiger partial charge is 0.375 e. The fraction of sp³-hybridized carbons (Fsp3) is 0.917. The van der Waals surface area contributed by atoms with Crippen LogP contribution in [0.15, 0.2) is 0 Å². The molecule has 1 aliphatic carbocycles. The molecular weight excluding hydrogens is 192 g/mol. The molecule has 0 aromatic heterocycles. The summed E-state index contributed by atoms with van der Waals surface area (Å²) in [6.07, 6.45) is 6.46. The molecule has 0 aromatic rings. The molecule has 1 aliphatic rings. The molecule has 0 aliphatic heterocycles. The topological polar surface area (TPSA) is 35.5 Å². The number of ether oxygens (including phenoxy) is 2. The summed E-state index contributed by atoms with van der Waals surface area (Å²) in [6, 6.07) is 0. The van der Waals surface area contributed by atoms with E-state index in [4.69, 9.17) is 9.47 Å². The molecule has 0 heterocycles. The van der Waals surface area contributed by atoms with E-state index in [-0.39, 0.29) is 18.0 Å². The average Bonchev–Trinajstić information content (AvgIpc) is 2.22. The molecule has 1 saturated carbocycles. The lowest BCUT2D eigenvalue weighted by molar-refractivity contribution is -0.161. The van der Waals surface area contributed by atoms with Gasteiger partial charge >= 0.3 is 0 Å². The lowest BCUT2D eigenvalue weighted by Gasteiger charge is -2.33. The Morgan fingerprint density at radius 1 is 1.27 bits per heavy atom. The first-order chi connectivity index (χ1) is 7.29. The summed E-state index contributed by atoms with van der Waals surface area (Å²) < 4.78 is 10.6. The number of ketones is 1. The Morgan fingerprint density at radius 2 is 2.00 bits per heavy atom. The van der Waals surface area contributed by atoms with Gasteiger partial charge in [0.05, 0.1) is 6.10 Å². The van der Waals surface area contributed by atoms with Crippen LogP contribution in [0.2, 0.25) is 0 Å². The van der Waals surface area contributed by atoms with Gasteiger partial charge in [0.2, 0.25) is 0 Å². The first-order valence-corrected chi connectivity index (χ1v) is 5.96. The smallest absolute Gasteiger partial charge is 0.166 e. The van der Waals surface area contributed by atoms with Gasteiger partial charge in [-0.25, -0.2) is 0 Å². The van der Waals surface area contributed by atoms with Crippen LogP contribution in [0, 0.1) is 0 Å². The van der Waals surface area contributed by atoms with Crippen molar-refractivity contribution in [2.75, 3.05) is 13.7 Å². The Morgan fingerprint density at radius 3 is 2.60 bits per heavy atom. The van der Waals surface area contributed by atoms with Gasteiger partial charge in [-0.1, -0.05) is 32.6 Å². The maximum atomic E-state index is 11.0. The number of rotatable bonds is 8. The lowest BCUT2D eigenvalue weighted by Crippen LogP contribution is -2.50. The molecule has 0 bridgehead atoms. The van der Waals surface area contributed by atoms with E-state index < -0.39 is 0 Å². The second kappa shape index (κ2) is 6.96. The van der Waals surface area contributed by atoms with E-state index in [1.54, 1.807) is 7.11 Å². The molecule has 88 valence electrons. The Labute approximate surface area is 92.1 Å². The fourth-order valence-corrected chi connectivity index (χ4v) is 1.84. The molecule has 15 heavy (non-hydrogen) atoms. The highest BCUT2D eigenvalue weighted by Gasteiger charge is 2.40. The maximum Gasteiger partial charge on any atom is 0.166 e. The Kier molecular flexibility index (Phi) is 5.88. The molecule has 2 atom stereocenters. The van der Waals surface area contributed by atoms with Gasteiger partial charge in [-0.2, -0.15) is 0 Å². The van der Waals surface area contributed by atoms with Crippen LogP contribution < -0.4 is 0 Å². The summed E-state index contributed by atoms with van der Waals surface area (Å²) in [4.78, 5) is 11.0. The minimum Gasteiger partial charge on any atom is -0.375 e. The molecule has 0 saturated heterocycles. The zero-order valence-corrected chi connectivity index (χ0v) is 9.83. The second-order valence-electron chi connectivity index (χ2n) is 4.15. The highest BCUT2D eigenvalue weighted by Crippen LogP contribution is 2.22. The first-order valence-electron chi connectivity index (χ1n) is 5.96.